The Balaban J connectivity index is 5.19. The SMILES string of the molecule is CCCCCCCCCCCCCCCCCCCCCC(=O)O[C@H](COC(=O)CCCCCCCCCCCC(C)C)COP(=O)(O)OC[C@@H](O)COP(=O)(O)OC[C@@H](COC(=O)CCCCCCCCCCC)OC(=O)CCCCCCCCCC(C)C. The zero-order chi connectivity index (χ0) is 66.5. The Morgan fingerprint density at radius 1 is 0.300 bits per heavy atom. The van der Waals surface area contributed by atoms with E-state index in [1.54, 1.807) is 0 Å². The third kappa shape index (κ3) is 64.8. The normalized spacial score (nSPS) is 14.1. The summed E-state index contributed by atoms with van der Waals surface area (Å²) in [7, 11) is -9.90. The molecule has 0 amide bonds. The molecule has 0 aromatic carbocycles. The lowest BCUT2D eigenvalue weighted by atomic mass is 10.0. The van der Waals surface area contributed by atoms with Crippen LogP contribution in [-0.4, -0.2) is 96.7 Å². The summed E-state index contributed by atoms with van der Waals surface area (Å²) in [5, 5.41) is 10.6. The van der Waals surface area contributed by atoms with Crippen molar-refractivity contribution in [2.75, 3.05) is 39.6 Å². The summed E-state index contributed by atoms with van der Waals surface area (Å²) in [6.45, 7) is 9.46. The molecular formula is C71H138O17P2. The maximum atomic E-state index is 13.0. The molecule has 0 aromatic heterocycles. The van der Waals surface area contributed by atoms with Crippen molar-refractivity contribution in [1.29, 1.82) is 0 Å². The van der Waals surface area contributed by atoms with Gasteiger partial charge in [-0.1, -0.05) is 311 Å². The van der Waals surface area contributed by atoms with Gasteiger partial charge in [0.1, 0.15) is 19.3 Å². The summed E-state index contributed by atoms with van der Waals surface area (Å²) < 4.78 is 68.2. The Morgan fingerprint density at radius 3 is 0.756 bits per heavy atom. The van der Waals surface area contributed by atoms with E-state index in [1.165, 1.54) is 180 Å². The van der Waals surface area contributed by atoms with Gasteiger partial charge in [0.2, 0.25) is 0 Å². The van der Waals surface area contributed by atoms with Crippen molar-refractivity contribution >= 4 is 39.5 Å². The second-order valence-electron chi connectivity index (χ2n) is 26.6. The molecular weight excluding hydrogens is 1190 g/mol. The molecule has 0 aliphatic rings. The zero-order valence-corrected chi connectivity index (χ0v) is 60.2. The Kier molecular flexibility index (Phi) is 61.8. The highest BCUT2D eigenvalue weighted by Gasteiger charge is 2.30. The average molecular weight is 1330 g/mol. The highest BCUT2D eigenvalue weighted by molar-refractivity contribution is 7.47. The third-order valence-corrected chi connectivity index (χ3v) is 18.4. The average Bonchev–Trinajstić information content (AvgIpc) is 3.69. The molecule has 0 aliphatic heterocycles. The fourth-order valence-electron chi connectivity index (χ4n) is 10.8. The topological polar surface area (TPSA) is 237 Å². The second-order valence-corrected chi connectivity index (χ2v) is 29.5. The van der Waals surface area contributed by atoms with Crippen molar-refractivity contribution in [2.45, 2.75) is 381 Å². The van der Waals surface area contributed by atoms with Crippen LogP contribution >= 0.6 is 15.6 Å². The van der Waals surface area contributed by atoms with Crippen LogP contribution in [0.4, 0.5) is 0 Å². The third-order valence-electron chi connectivity index (χ3n) is 16.5. The maximum absolute atomic E-state index is 13.0. The molecule has 0 aromatic rings. The minimum absolute atomic E-state index is 0.103. The zero-order valence-electron chi connectivity index (χ0n) is 58.4. The lowest BCUT2D eigenvalue weighted by molar-refractivity contribution is -0.161. The summed E-state index contributed by atoms with van der Waals surface area (Å²) in [4.78, 5) is 72.5. The molecule has 3 N–H and O–H groups in total. The predicted molar refractivity (Wildman–Crippen MR) is 363 cm³/mol. The molecule has 90 heavy (non-hydrogen) atoms. The van der Waals surface area contributed by atoms with Crippen molar-refractivity contribution in [1.82, 2.24) is 0 Å². The highest BCUT2D eigenvalue weighted by Crippen LogP contribution is 2.45. The molecule has 0 saturated carbocycles. The van der Waals surface area contributed by atoms with Gasteiger partial charge >= 0.3 is 39.5 Å². The Hall–Kier alpha value is -1.94. The quantitative estimate of drug-likeness (QED) is 0.0222. The van der Waals surface area contributed by atoms with Gasteiger partial charge in [-0.05, 0) is 37.5 Å². The van der Waals surface area contributed by atoms with Crippen molar-refractivity contribution in [3.8, 4) is 0 Å². The van der Waals surface area contributed by atoms with E-state index in [0.29, 0.717) is 31.6 Å². The van der Waals surface area contributed by atoms with Crippen LogP contribution in [0, 0.1) is 11.8 Å². The number of carbonyl (C=O) groups excluding carboxylic acids is 4. The lowest BCUT2D eigenvalue weighted by Crippen LogP contribution is -2.30. The van der Waals surface area contributed by atoms with E-state index in [4.69, 9.17) is 37.0 Å². The molecule has 0 heterocycles. The fourth-order valence-corrected chi connectivity index (χ4v) is 12.3. The van der Waals surface area contributed by atoms with Crippen LogP contribution in [0.2, 0.25) is 0 Å². The summed E-state index contributed by atoms with van der Waals surface area (Å²) in [6.07, 6.45) is 48.8. The van der Waals surface area contributed by atoms with Gasteiger partial charge in [-0.3, -0.25) is 37.3 Å². The van der Waals surface area contributed by atoms with Crippen molar-refractivity contribution in [2.24, 2.45) is 11.8 Å². The number of aliphatic hydroxyl groups excluding tert-OH is 1. The number of hydrogen-bond donors (Lipinski definition) is 3. The van der Waals surface area contributed by atoms with Crippen LogP contribution in [0.1, 0.15) is 363 Å². The first-order chi connectivity index (χ1) is 43.4. The Bertz CT molecular complexity index is 1750. The van der Waals surface area contributed by atoms with Crippen molar-refractivity contribution < 1.29 is 80.2 Å². The minimum atomic E-state index is -4.95. The summed E-state index contributed by atoms with van der Waals surface area (Å²) in [5.41, 5.74) is 0. The van der Waals surface area contributed by atoms with Gasteiger partial charge in [-0.15, -0.1) is 0 Å². The van der Waals surface area contributed by atoms with Gasteiger partial charge < -0.3 is 33.8 Å². The summed E-state index contributed by atoms with van der Waals surface area (Å²) >= 11 is 0. The van der Waals surface area contributed by atoms with Gasteiger partial charge in [-0.25, -0.2) is 9.13 Å². The molecule has 2 unspecified atom stereocenters. The number of phosphoric acid groups is 2. The van der Waals surface area contributed by atoms with E-state index in [-0.39, 0.29) is 25.7 Å². The number of hydrogen-bond acceptors (Lipinski definition) is 15. The van der Waals surface area contributed by atoms with Crippen LogP contribution < -0.4 is 0 Å². The maximum Gasteiger partial charge on any atom is 0.472 e. The van der Waals surface area contributed by atoms with Gasteiger partial charge in [0.25, 0.3) is 0 Å². The minimum Gasteiger partial charge on any atom is -0.462 e. The van der Waals surface area contributed by atoms with Crippen LogP contribution in [0.15, 0.2) is 0 Å². The predicted octanol–water partition coefficient (Wildman–Crippen LogP) is 20.4. The molecule has 0 radical (unpaired) electrons. The van der Waals surface area contributed by atoms with Crippen molar-refractivity contribution in [3.63, 3.8) is 0 Å². The first-order valence-electron chi connectivity index (χ1n) is 37.0. The molecule has 0 spiro atoms. The number of esters is 4. The Labute approximate surface area is 549 Å². The fraction of sp³-hybridized carbons (Fsp3) is 0.944. The second kappa shape index (κ2) is 63.1. The van der Waals surface area contributed by atoms with E-state index >= 15 is 0 Å². The first kappa shape index (κ1) is 88.1. The molecule has 0 aliphatic carbocycles. The standard InChI is InChI=1S/C71H138O17P2/c1-7-9-11-13-15-17-18-19-20-21-22-23-24-25-26-30-37-43-49-55-70(75)87-66(59-82-69(74)54-48-42-36-31-27-29-33-39-45-51-63(3)4)61-85-89(77,78)83-57-65(72)58-84-90(79,80)86-62-67(60-81-68(73)53-47-41-35-28-16-14-12-10-8-2)88-71(76)56-50-44-38-32-34-40-46-52-64(5)6/h63-67,72H,7-62H2,1-6H3,(H,77,78)(H,79,80)/t65-,66-,67-/m1/s1. The monoisotopic (exact) mass is 1320 g/mol. The molecule has 5 atom stereocenters. The summed E-state index contributed by atoms with van der Waals surface area (Å²) in [6, 6.07) is 0. The van der Waals surface area contributed by atoms with E-state index in [0.717, 1.165) is 95.8 Å². The molecule has 534 valence electrons. The highest BCUT2D eigenvalue weighted by atomic mass is 31.2. The summed E-state index contributed by atoms with van der Waals surface area (Å²) in [5.74, 6) is -0.687. The van der Waals surface area contributed by atoms with Gasteiger partial charge in [0.05, 0.1) is 26.4 Å². The number of aliphatic hydroxyl groups is 1. The number of ether oxygens (including phenoxy) is 4. The number of phosphoric ester groups is 2. The Morgan fingerprint density at radius 2 is 0.511 bits per heavy atom. The van der Waals surface area contributed by atoms with Crippen molar-refractivity contribution in [3.05, 3.63) is 0 Å². The molecule has 0 fully saturated rings. The molecule has 17 nitrogen and oxygen atoms in total. The van der Waals surface area contributed by atoms with Gasteiger partial charge in [-0.2, -0.15) is 0 Å². The van der Waals surface area contributed by atoms with E-state index in [1.807, 2.05) is 0 Å². The first-order valence-corrected chi connectivity index (χ1v) is 40.0. The van der Waals surface area contributed by atoms with Crippen LogP contribution in [0.5, 0.6) is 0 Å². The number of unbranched alkanes of at least 4 members (excludes halogenated alkanes) is 40. The lowest BCUT2D eigenvalue weighted by Gasteiger charge is -2.21. The van der Waals surface area contributed by atoms with Gasteiger partial charge in [0.15, 0.2) is 12.2 Å². The van der Waals surface area contributed by atoms with E-state index in [9.17, 15) is 43.2 Å². The van der Waals surface area contributed by atoms with E-state index in [2.05, 4.69) is 41.5 Å². The number of rotatable bonds is 70. The molecule has 19 heteroatoms. The van der Waals surface area contributed by atoms with Gasteiger partial charge in [0, 0.05) is 25.7 Å². The molecule has 0 rings (SSSR count). The van der Waals surface area contributed by atoms with Crippen LogP contribution in [0.3, 0.4) is 0 Å². The molecule has 0 saturated heterocycles. The largest absolute Gasteiger partial charge is 0.472 e. The molecule has 0 bridgehead atoms. The van der Waals surface area contributed by atoms with Crippen LogP contribution in [-0.2, 0) is 65.4 Å². The van der Waals surface area contributed by atoms with E-state index < -0.39 is 97.5 Å². The van der Waals surface area contributed by atoms with Crippen LogP contribution in [0.25, 0.3) is 0 Å². The number of carbonyl (C=O) groups is 4. The smallest absolute Gasteiger partial charge is 0.462 e.